The number of fused-ring (bicyclic) bond motifs is 3. The van der Waals surface area contributed by atoms with Gasteiger partial charge < -0.3 is 10.1 Å². The molecule has 0 bridgehead atoms. The van der Waals surface area contributed by atoms with Gasteiger partial charge in [0.1, 0.15) is 17.8 Å². The zero-order valence-corrected chi connectivity index (χ0v) is 17.5. The second-order valence-electron chi connectivity index (χ2n) is 7.44. The first kappa shape index (κ1) is 19.6. The van der Waals surface area contributed by atoms with Gasteiger partial charge in [0, 0.05) is 29.7 Å². The lowest BCUT2D eigenvalue weighted by Gasteiger charge is -2.06. The highest BCUT2D eigenvalue weighted by atomic mass is 16.5. The Hall–Kier alpha value is -4.40. The van der Waals surface area contributed by atoms with Crippen LogP contribution in [0.25, 0.3) is 22.4 Å². The van der Waals surface area contributed by atoms with Gasteiger partial charge in [-0.05, 0) is 25.1 Å². The highest BCUT2D eigenvalue weighted by Crippen LogP contribution is 2.22. The molecule has 1 amide bonds. The van der Waals surface area contributed by atoms with Gasteiger partial charge in [0.25, 0.3) is 0 Å². The number of aryl methyl sites for hydroxylation is 1. The number of amides is 1. The number of ether oxygens (including phenoxy) is 1. The van der Waals surface area contributed by atoms with Gasteiger partial charge in [-0.25, -0.2) is 18.4 Å². The predicted molar refractivity (Wildman–Crippen MR) is 120 cm³/mol. The number of aromatic nitrogens is 5. The molecule has 0 aliphatic carbocycles. The van der Waals surface area contributed by atoms with Gasteiger partial charge in [-0.3, -0.25) is 4.79 Å². The maximum absolute atomic E-state index is 12.8. The topological polar surface area (TPSA) is 94.9 Å². The molecule has 9 nitrogen and oxygen atoms in total. The van der Waals surface area contributed by atoms with Crippen molar-refractivity contribution in [3.8, 4) is 17.0 Å². The standard InChI is InChI=1S/C23H20N6O3/c1-15-6-8-16(9-7-15)19-13-20-22-26-29(23(31)27(22)10-11-28(20)25-19)14-21(30)24-17-4-3-5-18(12-17)32-2/h3-13H,14H2,1-2H3,(H,24,30). The van der Waals surface area contributed by atoms with Crippen LogP contribution in [-0.4, -0.2) is 36.8 Å². The second kappa shape index (κ2) is 7.69. The van der Waals surface area contributed by atoms with Gasteiger partial charge in [-0.1, -0.05) is 35.9 Å². The number of anilines is 1. The molecule has 0 radical (unpaired) electrons. The Bertz CT molecular complexity index is 1510. The second-order valence-corrected chi connectivity index (χ2v) is 7.44. The number of hydrogen-bond donors (Lipinski definition) is 1. The van der Waals surface area contributed by atoms with Gasteiger partial charge in [-0.15, -0.1) is 5.10 Å². The number of carbonyl (C=O) groups is 1. The number of methoxy groups -OCH3 is 1. The van der Waals surface area contributed by atoms with Crippen LogP contribution in [0.15, 0.2) is 71.8 Å². The first-order valence-corrected chi connectivity index (χ1v) is 10.0. The molecule has 3 aromatic heterocycles. The molecule has 0 aliphatic rings. The maximum atomic E-state index is 12.8. The smallest absolute Gasteiger partial charge is 0.350 e. The summed E-state index contributed by atoms with van der Waals surface area (Å²) in [5.74, 6) is 0.258. The number of nitrogens with zero attached hydrogens (tertiary/aromatic N) is 5. The summed E-state index contributed by atoms with van der Waals surface area (Å²) in [5.41, 5.74) is 4.18. The third-order valence-electron chi connectivity index (χ3n) is 5.19. The minimum Gasteiger partial charge on any atom is -0.497 e. The fraction of sp³-hybridized carbons (Fsp3) is 0.130. The van der Waals surface area contributed by atoms with Crippen LogP contribution >= 0.6 is 0 Å². The molecule has 1 N–H and O–H groups in total. The van der Waals surface area contributed by atoms with Gasteiger partial charge >= 0.3 is 5.69 Å². The molecule has 0 saturated carbocycles. The van der Waals surface area contributed by atoms with Gasteiger partial charge in [0.05, 0.1) is 12.8 Å². The number of nitrogens with one attached hydrogen (secondary N) is 1. The number of rotatable bonds is 5. The Morgan fingerprint density at radius 1 is 1.06 bits per heavy atom. The van der Waals surface area contributed by atoms with E-state index in [2.05, 4.69) is 15.5 Å². The minimum absolute atomic E-state index is 0.219. The summed E-state index contributed by atoms with van der Waals surface area (Å²) in [6, 6.07) is 16.9. The van der Waals surface area contributed by atoms with E-state index < -0.39 is 5.69 Å². The summed E-state index contributed by atoms with van der Waals surface area (Å²) < 4.78 is 9.40. The molecule has 0 unspecified atom stereocenters. The molecule has 0 aliphatic heterocycles. The summed E-state index contributed by atoms with van der Waals surface area (Å²) >= 11 is 0. The lowest BCUT2D eigenvalue weighted by atomic mass is 10.1. The molecule has 160 valence electrons. The quantitative estimate of drug-likeness (QED) is 0.465. The summed E-state index contributed by atoms with van der Waals surface area (Å²) in [7, 11) is 1.55. The molecule has 5 aromatic rings. The summed E-state index contributed by atoms with van der Waals surface area (Å²) in [5, 5.41) is 11.8. The molecular weight excluding hydrogens is 408 g/mol. The fourth-order valence-corrected chi connectivity index (χ4v) is 3.54. The molecule has 3 heterocycles. The van der Waals surface area contributed by atoms with Gasteiger partial charge in [0.15, 0.2) is 5.65 Å². The summed E-state index contributed by atoms with van der Waals surface area (Å²) in [6.07, 6.45) is 3.30. The first-order chi connectivity index (χ1) is 15.5. The van der Waals surface area contributed by atoms with E-state index in [9.17, 15) is 9.59 Å². The average Bonchev–Trinajstić information content (AvgIpc) is 3.36. The Morgan fingerprint density at radius 2 is 1.88 bits per heavy atom. The monoisotopic (exact) mass is 428 g/mol. The van der Waals surface area contributed by atoms with Crippen LogP contribution in [0, 0.1) is 6.92 Å². The highest BCUT2D eigenvalue weighted by molar-refractivity contribution is 5.90. The maximum Gasteiger partial charge on any atom is 0.350 e. The normalized spacial score (nSPS) is 11.2. The molecule has 0 spiro atoms. The van der Waals surface area contributed by atoms with Crippen LogP contribution in [0.2, 0.25) is 0 Å². The molecule has 0 fully saturated rings. The molecule has 5 rings (SSSR count). The Balaban J connectivity index is 1.47. The van der Waals surface area contributed by atoms with Crippen molar-refractivity contribution in [2.24, 2.45) is 0 Å². The Kier molecular flexibility index (Phi) is 4.70. The molecular formula is C23H20N6O3. The van der Waals surface area contributed by atoms with Crippen LogP contribution in [0.3, 0.4) is 0 Å². The van der Waals surface area contributed by atoms with E-state index in [4.69, 9.17) is 4.74 Å². The van der Waals surface area contributed by atoms with Crippen molar-refractivity contribution in [1.82, 2.24) is 23.8 Å². The van der Waals surface area contributed by atoms with Crippen molar-refractivity contribution < 1.29 is 9.53 Å². The molecule has 2 aromatic carbocycles. The van der Waals surface area contributed by atoms with E-state index in [0.717, 1.165) is 21.5 Å². The van der Waals surface area contributed by atoms with Gasteiger partial charge in [-0.2, -0.15) is 5.10 Å². The SMILES string of the molecule is COc1cccc(NC(=O)Cn2nc3c4cc(-c5ccc(C)cc5)nn4ccn3c2=O)c1. The Labute approximate surface area is 182 Å². The van der Waals surface area contributed by atoms with Crippen LogP contribution in [0.4, 0.5) is 5.69 Å². The van der Waals surface area contributed by atoms with E-state index in [1.165, 1.54) is 4.40 Å². The van der Waals surface area contributed by atoms with Crippen molar-refractivity contribution in [1.29, 1.82) is 0 Å². The van der Waals surface area contributed by atoms with E-state index in [1.54, 1.807) is 48.3 Å². The van der Waals surface area contributed by atoms with E-state index in [-0.39, 0.29) is 12.5 Å². The van der Waals surface area contributed by atoms with Crippen LogP contribution in [0.1, 0.15) is 5.56 Å². The lowest BCUT2D eigenvalue weighted by molar-refractivity contribution is -0.117. The van der Waals surface area contributed by atoms with Crippen molar-refractivity contribution in [3.63, 3.8) is 0 Å². The van der Waals surface area contributed by atoms with Crippen LogP contribution < -0.4 is 15.7 Å². The first-order valence-electron chi connectivity index (χ1n) is 10.0. The minimum atomic E-state index is -0.402. The lowest BCUT2D eigenvalue weighted by Crippen LogP contribution is -2.28. The molecule has 32 heavy (non-hydrogen) atoms. The third kappa shape index (κ3) is 3.49. The number of hydrogen-bond acceptors (Lipinski definition) is 5. The highest BCUT2D eigenvalue weighted by Gasteiger charge is 2.15. The van der Waals surface area contributed by atoms with Crippen molar-refractivity contribution in [3.05, 3.63) is 83.0 Å². The van der Waals surface area contributed by atoms with Crippen LogP contribution in [-0.2, 0) is 11.3 Å². The van der Waals surface area contributed by atoms with Crippen molar-refractivity contribution >= 4 is 22.8 Å². The third-order valence-corrected chi connectivity index (χ3v) is 5.19. The largest absolute Gasteiger partial charge is 0.497 e. The molecule has 0 atom stereocenters. The average molecular weight is 428 g/mol. The molecule has 9 heteroatoms. The zero-order valence-electron chi connectivity index (χ0n) is 17.5. The number of benzene rings is 2. The fourth-order valence-electron chi connectivity index (χ4n) is 3.54. The summed E-state index contributed by atoms with van der Waals surface area (Å²) in [4.78, 5) is 25.3. The van der Waals surface area contributed by atoms with E-state index in [0.29, 0.717) is 22.6 Å². The number of carbonyl (C=O) groups excluding carboxylic acids is 1. The van der Waals surface area contributed by atoms with E-state index >= 15 is 0 Å². The van der Waals surface area contributed by atoms with Gasteiger partial charge in [0.2, 0.25) is 5.91 Å². The molecule has 0 saturated heterocycles. The predicted octanol–water partition coefficient (Wildman–Crippen LogP) is 2.77. The zero-order chi connectivity index (χ0) is 22.2. The summed E-state index contributed by atoms with van der Waals surface area (Å²) in [6.45, 7) is 1.81. The van der Waals surface area contributed by atoms with Crippen molar-refractivity contribution in [2.45, 2.75) is 13.5 Å². The van der Waals surface area contributed by atoms with E-state index in [1.807, 2.05) is 37.3 Å². The Morgan fingerprint density at radius 3 is 2.66 bits per heavy atom. The van der Waals surface area contributed by atoms with Crippen molar-refractivity contribution in [2.75, 3.05) is 12.4 Å². The van der Waals surface area contributed by atoms with Crippen LogP contribution in [0.5, 0.6) is 5.75 Å².